The van der Waals surface area contributed by atoms with Crippen molar-refractivity contribution < 1.29 is 33.8 Å². The van der Waals surface area contributed by atoms with Gasteiger partial charge in [-0.2, -0.15) is 0 Å². The lowest BCUT2D eigenvalue weighted by atomic mass is 10.0. The van der Waals surface area contributed by atoms with E-state index in [-0.39, 0.29) is 36.1 Å². The number of carbonyl (C=O) groups is 4. The smallest absolute Gasteiger partial charge is 0.410 e. The van der Waals surface area contributed by atoms with Crippen LogP contribution in [-0.4, -0.2) is 144 Å². The van der Waals surface area contributed by atoms with Crippen molar-refractivity contribution in [2.24, 2.45) is 0 Å². The molecule has 4 amide bonds. The molecule has 3 fully saturated rings. The zero-order chi connectivity index (χ0) is 35.9. The van der Waals surface area contributed by atoms with Crippen molar-refractivity contribution >= 4 is 45.6 Å². The molecule has 1 unspecified atom stereocenters. The lowest BCUT2D eigenvalue weighted by Crippen LogP contribution is -2.55. The summed E-state index contributed by atoms with van der Waals surface area (Å²) in [5.41, 5.74) is 2.71. The van der Waals surface area contributed by atoms with Crippen molar-refractivity contribution in [1.82, 2.24) is 24.5 Å². The van der Waals surface area contributed by atoms with Gasteiger partial charge in [-0.3, -0.25) is 19.4 Å². The molecule has 4 aliphatic heterocycles. The number of fused-ring (bicyclic) bond motifs is 1. The summed E-state index contributed by atoms with van der Waals surface area (Å²) in [5.74, 6) is -0.320. The highest BCUT2D eigenvalue weighted by atomic mass is 79.9. The molecule has 2 aromatic rings. The summed E-state index contributed by atoms with van der Waals surface area (Å²) >= 11 is 3.36. The maximum absolute atomic E-state index is 14.0. The summed E-state index contributed by atoms with van der Waals surface area (Å²) in [6.07, 6.45) is 2.25. The highest BCUT2D eigenvalue weighted by molar-refractivity contribution is 9.10. The number of aromatic hydroxyl groups is 1. The molecule has 2 N–H and O–H groups in total. The van der Waals surface area contributed by atoms with Crippen LogP contribution in [0.2, 0.25) is 0 Å². The monoisotopic (exact) mass is 768 g/mol. The van der Waals surface area contributed by atoms with E-state index in [1.54, 1.807) is 23.1 Å². The first-order chi connectivity index (χ1) is 24.7. The summed E-state index contributed by atoms with van der Waals surface area (Å²) in [6.45, 7) is 8.42. The SMILES string of the molecule is CCOC(=O)CN1CCN(C2CCN(C(=O)C(Cc3ccc(O)c(Br)c3)OC(=O)N3CCC(N4CCc5ccccc5NC4=O)CC3)CC2)CC1. The number of piperidine rings is 2. The third-order valence-electron chi connectivity index (χ3n) is 10.6. The molecule has 0 spiro atoms. The van der Waals surface area contributed by atoms with E-state index in [1.165, 1.54) is 0 Å². The van der Waals surface area contributed by atoms with E-state index in [2.05, 4.69) is 31.0 Å². The Kier molecular flexibility index (Phi) is 12.4. The molecule has 0 saturated carbocycles. The average molecular weight is 770 g/mol. The Labute approximate surface area is 307 Å². The predicted octanol–water partition coefficient (Wildman–Crippen LogP) is 3.93. The normalized spacial score (nSPS) is 20.3. The van der Waals surface area contributed by atoms with E-state index in [0.29, 0.717) is 69.2 Å². The summed E-state index contributed by atoms with van der Waals surface area (Å²) in [6, 6.07) is 13.1. The molecule has 4 aliphatic rings. The molecule has 1 atom stereocenters. The number of phenols is 1. The summed E-state index contributed by atoms with van der Waals surface area (Å²) < 4.78 is 11.6. The first kappa shape index (κ1) is 36.9. The number of esters is 1. The topological polar surface area (TPSA) is 135 Å². The number of hydrogen-bond donors (Lipinski definition) is 2. The number of rotatable bonds is 9. The number of nitrogens with one attached hydrogen (secondary N) is 1. The fraction of sp³-hybridized carbons (Fsp3) is 0.568. The number of nitrogens with zero attached hydrogens (tertiary/aromatic N) is 5. The predicted molar refractivity (Wildman–Crippen MR) is 194 cm³/mol. The van der Waals surface area contributed by atoms with Crippen LogP contribution in [0.25, 0.3) is 0 Å². The zero-order valence-corrected chi connectivity index (χ0v) is 30.9. The second-order valence-electron chi connectivity index (χ2n) is 13.8. The molecule has 0 radical (unpaired) electrons. The van der Waals surface area contributed by atoms with Gasteiger partial charge in [-0.1, -0.05) is 24.3 Å². The van der Waals surface area contributed by atoms with Gasteiger partial charge in [0, 0.05) is 83.1 Å². The quantitative estimate of drug-likeness (QED) is 0.364. The number of carbonyl (C=O) groups excluding carboxylic acids is 4. The van der Waals surface area contributed by atoms with E-state index < -0.39 is 12.2 Å². The molecule has 276 valence electrons. The fourth-order valence-electron chi connectivity index (χ4n) is 7.70. The number of halogens is 1. The Balaban J connectivity index is 1.03. The van der Waals surface area contributed by atoms with E-state index in [9.17, 15) is 24.3 Å². The van der Waals surface area contributed by atoms with Crippen LogP contribution in [0.5, 0.6) is 5.75 Å². The minimum absolute atomic E-state index is 0.00280. The summed E-state index contributed by atoms with van der Waals surface area (Å²) in [5, 5.41) is 13.1. The van der Waals surface area contributed by atoms with Crippen molar-refractivity contribution in [1.29, 1.82) is 0 Å². The average Bonchev–Trinajstić information content (AvgIpc) is 3.31. The Bertz CT molecular complexity index is 1550. The molecule has 51 heavy (non-hydrogen) atoms. The van der Waals surface area contributed by atoms with Crippen LogP contribution in [0.3, 0.4) is 0 Å². The van der Waals surface area contributed by atoms with Crippen LogP contribution in [0.15, 0.2) is 46.9 Å². The van der Waals surface area contributed by atoms with Crippen molar-refractivity contribution in [3.8, 4) is 5.75 Å². The molecular formula is C37H49BrN6O7. The van der Waals surface area contributed by atoms with Gasteiger partial charge in [0.1, 0.15) is 5.75 Å². The largest absolute Gasteiger partial charge is 0.507 e. The van der Waals surface area contributed by atoms with Gasteiger partial charge in [-0.25, -0.2) is 9.59 Å². The van der Waals surface area contributed by atoms with Crippen molar-refractivity contribution in [3.05, 3.63) is 58.1 Å². The number of ether oxygens (including phenoxy) is 2. The molecule has 13 nitrogen and oxygen atoms in total. The van der Waals surface area contributed by atoms with Gasteiger partial charge in [0.2, 0.25) is 0 Å². The summed E-state index contributed by atoms with van der Waals surface area (Å²) in [7, 11) is 0. The maximum Gasteiger partial charge on any atom is 0.410 e. The lowest BCUT2D eigenvalue weighted by Gasteiger charge is -2.43. The minimum atomic E-state index is -1.02. The third kappa shape index (κ3) is 9.32. The third-order valence-corrected chi connectivity index (χ3v) is 11.2. The number of phenolic OH excluding ortho intramolecular Hbond substituents is 1. The highest BCUT2D eigenvalue weighted by Gasteiger charge is 2.36. The van der Waals surface area contributed by atoms with Gasteiger partial charge in [0.25, 0.3) is 5.91 Å². The molecular weight excluding hydrogens is 720 g/mol. The van der Waals surface area contributed by atoms with Crippen LogP contribution in [0.1, 0.15) is 43.7 Å². The Hall–Kier alpha value is -3.88. The highest BCUT2D eigenvalue weighted by Crippen LogP contribution is 2.28. The number of piperazine rings is 1. The number of benzene rings is 2. The van der Waals surface area contributed by atoms with Gasteiger partial charge < -0.3 is 34.6 Å². The number of urea groups is 1. The van der Waals surface area contributed by atoms with E-state index in [4.69, 9.17) is 9.47 Å². The second-order valence-corrected chi connectivity index (χ2v) is 14.6. The molecule has 0 aliphatic carbocycles. The van der Waals surface area contributed by atoms with Crippen molar-refractivity contribution in [3.63, 3.8) is 0 Å². The molecule has 14 heteroatoms. The van der Waals surface area contributed by atoms with Crippen LogP contribution < -0.4 is 5.32 Å². The Morgan fingerprint density at radius 2 is 1.59 bits per heavy atom. The molecule has 4 heterocycles. The standard InChI is InChI=1S/C37H49BrN6O7/c1-2-50-34(46)25-40-19-21-41(22-20-40)28-10-14-42(15-11-28)35(47)33(24-26-7-8-32(45)30(38)23-26)51-37(49)43-16-12-29(13-17-43)44-18-9-27-5-3-4-6-31(27)39-36(44)48/h3-8,23,28-29,33,45H,2,9-22,24-25H2,1H3,(H,39,48). The van der Waals surface area contributed by atoms with Gasteiger partial charge in [-0.05, 0) is 84.3 Å². The summed E-state index contributed by atoms with van der Waals surface area (Å²) in [4.78, 5) is 62.5. The van der Waals surface area contributed by atoms with Crippen molar-refractivity contribution in [2.45, 2.75) is 63.6 Å². The Morgan fingerprint density at radius 3 is 2.29 bits per heavy atom. The maximum atomic E-state index is 14.0. The van der Waals surface area contributed by atoms with Gasteiger partial charge in [-0.15, -0.1) is 0 Å². The van der Waals surface area contributed by atoms with Crippen LogP contribution >= 0.6 is 15.9 Å². The van der Waals surface area contributed by atoms with E-state index >= 15 is 0 Å². The molecule has 6 rings (SSSR count). The second kappa shape index (κ2) is 17.1. The van der Waals surface area contributed by atoms with E-state index in [0.717, 1.165) is 62.3 Å². The first-order valence-electron chi connectivity index (χ1n) is 18.2. The number of hydrogen-bond acceptors (Lipinski definition) is 9. The molecule has 2 aromatic carbocycles. The fourth-order valence-corrected chi connectivity index (χ4v) is 8.12. The van der Waals surface area contributed by atoms with Crippen LogP contribution in [0.4, 0.5) is 15.3 Å². The molecule has 0 bridgehead atoms. The lowest BCUT2D eigenvalue weighted by molar-refractivity contribution is -0.145. The van der Waals surface area contributed by atoms with Gasteiger partial charge in [0.15, 0.2) is 6.10 Å². The first-order valence-corrected chi connectivity index (χ1v) is 19.0. The minimum Gasteiger partial charge on any atom is -0.507 e. The van der Waals surface area contributed by atoms with Gasteiger partial charge in [0.05, 0.1) is 17.6 Å². The zero-order valence-electron chi connectivity index (χ0n) is 29.3. The number of anilines is 1. The Morgan fingerprint density at radius 1 is 0.902 bits per heavy atom. The van der Waals surface area contributed by atoms with Gasteiger partial charge >= 0.3 is 18.1 Å². The van der Waals surface area contributed by atoms with E-state index in [1.807, 2.05) is 41.0 Å². The van der Waals surface area contributed by atoms with Crippen LogP contribution in [-0.2, 0) is 31.9 Å². The van der Waals surface area contributed by atoms with Crippen molar-refractivity contribution in [2.75, 3.05) is 77.4 Å². The number of likely N-dealkylation sites (tertiary alicyclic amines) is 2. The number of para-hydroxylation sites is 1. The van der Waals surface area contributed by atoms with Crippen LogP contribution in [0, 0.1) is 0 Å². The number of amides is 4. The molecule has 0 aromatic heterocycles. The molecule has 3 saturated heterocycles.